The Morgan fingerprint density at radius 1 is 0.962 bits per heavy atom. The highest BCUT2D eigenvalue weighted by atomic mass is 16.5. The average molecular weight is 345 g/mol. The quantitative estimate of drug-likeness (QED) is 0.552. The van der Waals surface area contributed by atoms with Gasteiger partial charge < -0.3 is 14.5 Å². The minimum atomic E-state index is -0.184. The average Bonchev–Trinajstić information content (AvgIpc) is 3.01. The van der Waals surface area contributed by atoms with E-state index in [9.17, 15) is 4.79 Å². The van der Waals surface area contributed by atoms with E-state index in [1.165, 1.54) is 0 Å². The molecule has 4 rings (SSSR count). The van der Waals surface area contributed by atoms with Gasteiger partial charge in [0.25, 0.3) is 5.91 Å². The zero-order valence-corrected chi connectivity index (χ0v) is 14.7. The molecule has 0 aliphatic carbocycles. The third-order valence-corrected chi connectivity index (χ3v) is 4.39. The van der Waals surface area contributed by atoms with Crippen LogP contribution in [0.25, 0.3) is 21.9 Å². The second-order valence-electron chi connectivity index (χ2n) is 6.41. The van der Waals surface area contributed by atoms with E-state index in [0.29, 0.717) is 5.75 Å². The van der Waals surface area contributed by atoms with Crippen LogP contribution in [0.15, 0.2) is 65.1 Å². The van der Waals surface area contributed by atoms with E-state index in [2.05, 4.69) is 5.32 Å². The summed E-state index contributed by atoms with van der Waals surface area (Å²) in [5.41, 5.74) is 4.58. The van der Waals surface area contributed by atoms with Gasteiger partial charge in [-0.15, -0.1) is 0 Å². The molecule has 1 amide bonds. The molecule has 4 heteroatoms. The number of para-hydroxylation sites is 1. The molecule has 1 heterocycles. The number of benzene rings is 3. The highest BCUT2D eigenvalue weighted by Crippen LogP contribution is 2.31. The van der Waals surface area contributed by atoms with Gasteiger partial charge in [0.15, 0.2) is 6.61 Å². The predicted molar refractivity (Wildman–Crippen MR) is 104 cm³/mol. The number of carbonyl (C=O) groups is 1. The maximum Gasteiger partial charge on any atom is 0.262 e. The van der Waals surface area contributed by atoms with E-state index in [0.717, 1.165) is 38.8 Å². The van der Waals surface area contributed by atoms with Crippen LogP contribution in [0.1, 0.15) is 11.1 Å². The molecular weight excluding hydrogens is 326 g/mol. The molecule has 0 radical (unpaired) electrons. The number of hydrogen-bond donors (Lipinski definition) is 1. The van der Waals surface area contributed by atoms with Crippen molar-refractivity contribution in [3.63, 3.8) is 0 Å². The molecule has 0 fully saturated rings. The number of fused-ring (bicyclic) bond motifs is 3. The number of furan rings is 1. The Bertz CT molecular complexity index is 1110. The lowest BCUT2D eigenvalue weighted by Gasteiger charge is -2.10. The molecule has 26 heavy (non-hydrogen) atoms. The molecule has 4 aromatic rings. The summed E-state index contributed by atoms with van der Waals surface area (Å²) in [5, 5.41) is 4.92. The fraction of sp³-hybridized carbons (Fsp3) is 0.136. The highest BCUT2D eigenvalue weighted by Gasteiger charge is 2.09. The van der Waals surface area contributed by atoms with Crippen molar-refractivity contribution in [3.8, 4) is 5.75 Å². The first-order valence-electron chi connectivity index (χ1n) is 8.51. The van der Waals surface area contributed by atoms with Gasteiger partial charge >= 0.3 is 0 Å². The minimum absolute atomic E-state index is 0.0470. The zero-order valence-electron chi connectivity index (χ0n) is 14.7. The molecule has 0 unspecified atom stereocenters. The van der Waals surface area contributed by atoms with Crippen LogP contribution < -0.4 is 10.1 Å². The third-order valence-electron chi connectivity index (χ3n) is 4.39. The van der Waals surface area contributed by atoms with E-state index < -0.39 is 0 Å². The fourth-order valence-electron chi connectivity index (χ4n) is 3.00. The van der Waals surface area contributed by atoms with Gasteiger partial charge in [0.1, 0.15) is 16.9 Å². The summed E-state index contributed by atoms with van der Waals surface area (Å²) in [5.74, 6) is 0.455. The first-order chi connectivity index (χ1) is 12.6. The number of rotatable bonds is 4. The maximum absolute atomic E-state index is 12.2. The predicted octanol–water partition coefficient (Wildman–Crippen LogP) is 5.22. The van der Waals surface area contributed by atoms with Gasteiger partial charge in [0.05, 0.1) is 0 Å². The minimum Gasteiger partial charge on any atom is -0.484 e. The van der Waals surface area contributed by atoms with Gasteiger partial charge in [0, 0.05) is 16.5 Å². The van der Waals surface area contributed by atoms with E-state index in [-0.39, 0.29) is 12.5 Å². The lowest BCUT2D eigenvalue weighted by Crippen LogP contribution is -2.20. The number of amides is 1. The van der Waals surface area contributed by atoms with Crippen LogP contribution in [-0.2, 0) is 4.79 Å². The summed E-state index contributed by atoms with van der Waals surface area (Å²) in [6, 6.07) is 19.4. The van der Waals surface area contributed by atoms with E-state index in [4.69, 9.17) is 9.15 Å². The molecule has 1 N–H and O–H groups in total. The summed E-state index contributed by atoms with van der Waals surface area (Å²) < 4.78 is 11.5. The Balaban J connectivity index is 1.49. The van der Waals surface area contributed by atoms with Crippen molar-refractivity contribution in [2.24, 2.45) is 0 Å². The smallest absolute Gasteiger partial charge is 0.262 e. The monoisotopic (exact) mass is 345 g/mol. The molecule has 0 saturated heterocycles. The Morgan fingerprint density at radius 2 is 1.77 bits per heavy atom. The lowest BCUT2D eigenvalue weighted by molar-refractivity contribution is -0.118. The second kappa shape index (κ2) is 6.56. The van der Waals surface area contributed by atoms with Gasteiger partial charge in [-0.05, 0) is 55.3 Å². The van der Waals surface area contributed by atoms with Gasteiger partial charge in [0.2, 0.25) is 0 Å². The molecule has 0 aliphatic rings. The molecule has 4 nitrogen and oxygen atoms in total. The van der Waals surface area contributed by atoms with Crippen molar-refractivity contribution < 1.29 is 13.9 Å². The van der Waals surface area contributed by atoms with Crippen LogP contribution in [0.3, 0.4) is 0 Å². The van der Waals surface area contributed by atoms with E-state index >= 15 is 0 Å². The molecule has 0 aliphatic heterocycles. The summed E-state index contributed by atoms with van der Waals surface area (Å²) in [6.07, 6.45) is 0. The first-order valence-corrected chi connectivity index (χ1v) is 8.51. The summed E-state index contributed by atoms with van der Waals surface area (Å²) in [4.78, 5) is 12.2. The molecule has 1 aromatic heterocycles. The van der Waals surface area contributed by atoms with Gasteiger partial charge in [-0.3, -0.25) is 4.79 Å². The zero-order chi connectivity index (χ0) is 18.1. The fourth-order valence-corrected chi connectivity index (χ4v) is 3.00. The number of anilines is 1. The maximum atomic E-state index is 12.2. The van der Waals surface area contributed by atoms with Crippen molar-refractivity contribution in [2.75, 3.05) is 11.9 Å². The number of nitrogens with one attached hydrogen (secondary N) is 1. The van der Waals surface area contributed by atoms with E-state index in [1.54, 1.807) is 0 Å². The normalized spacial score (nSPS) is 11.0. The molecular formula is C22H19NO3. The first kappa shape index (κ1) is 16.2. The van der Waals surface area contributed by atoms with Crippen molar-refractivity contribution in [3.05, 3.63) is 71.8 Å². The second-order valence-corrected chi connectivity index (χ2v) is 6.41. The van der Waals surface area contributed by atoms with Crippen LogP contribution in [0.2, 0.25) is 0 Å². The van der Waals surface area contributed by atoms with Crippen molar-refractivity contribution >= 4 is 33.5 Å². The van der Waals surface area contributed by atoms with Gasteiger partial charge in [-0.25, -0.2) is 0 Å². The summed E-state index contributed by atoms with van der Waals surface area (Å²) >= 11 is 0. The van der Waals surface area contributed by atoms with Crippen LogP contribution >= 0.6 is 0 Å². The van der Waals surface area contributed by atoms with Crippen molar-refractivity contribution in [1.82, 2.24) is 0 Å². The Labute approximate surface area is 151 Å². The number of carbonyl (C=O) groups excluding carboxylic acids is 1. The van der Waals surface area contributed by atoms with Gasteiger partial charge in [-0.2, -0.15) is 0 Å². The molecule has 0 saturated carbocycles. The Morgan fingerprint density at radius 3 is 2.65 bits per heavy atom. The summed E-state index contributed by atoms with van der Waals surface area (Å²) in [7, 11) is 0. The van der Waals surface area contributed by atoms with Crippen molar-refractivity contribution in [1.29, 1.82) is 0 Å². The molecule has 0 atom stereocenters. The topological polar surface area (TPSA) is 51.5 Å². The molecule has 0 bridgehead atoms. The molecule has 0 spiro atoms. The lowest BCUT2D eigenvalue weighted by atomic mass is 10.1. The molecule has 130 valence electrons. The van der Waals surface area contributed by atoms with Crippen LogP contribution in [0.5, 0.6) is 5.75 Å². The number of ether oxygens (including phenoxy) is 1. The largest absolute Gasteiger partial charge is 0.484 e. The highest BCUT2D eigenvalue weighted by molar-refractivity contribution is 6.05. The van der Waals surface area contributed by atoms with E-state index in [1.807, 2.05) is 74.5 Å². The van der Waals surface area contributed by atoms with Crippen molar-refractivity contribution in [2.45, 2.75) is 13.8 Å². The van der Waals surface area contributed by atoms with Gasteiger partial charge in [-0.1, -0.05) is 30.3 Å². The standard InChI is InChI=1S/C22H19NO3/c1-14-7-8-15(2)19(11-14)23-22(24)13-25-16-9-10-21-18(12-16)17-5-3-4-6-20(17)26-21/h3-12H,13H2,1-2H3,(H,23,24). The number of hydrogen-bond acceptors (Lipinski definition) is 3. The summed E-state index contributed by atoms with van der Waals surface area (Å²) in [6.45, 7) is 3.92. The van der Waals surface area contributed by atoms with Crippen LogP contribution in [-0.4, -0.2) is 12.5 Å². The SMILES string of the molecule is Cc1ccc(C)c(NC(=O)COc2ccc3oc4ccccc4c3c2)c1. The van der Waals surface area contributed by atoms with Crippen LogP contribution in [0.4, 0.5) is 5.69 Å². The Kier molecular flexibility index (Phi) is 4.09. The molecule has 3 aromatic carbocycles. The van der Waals surface area contributed by atoms with Crippen LogP contribution in [0, 0.1) is 13.8 Å². The Hall–Kier alpha value is -3.27. The third kappa shape index (κ3) is 3.14. The number of aryl methyl sites for hydroxylation is 2.